The first kappa shape index (κ1) is 5.53. The zero-order valence-electron chi connectivity index (χ0n) is 2.79. The Kier molecular flexibility index (Phi) is 1.70. The van der Waals surface area contributed by atoms with Gasteiger partial charge in [-0.15, -0.1) is 0 Å². The fourth-order valence-corrected chi connectivity index (χ4v) is 0. The van der Waals surface area contributed by atoms with E-state index in [1.54, 1.807) is 0 Å². The molecule has 0 aliphatic rings. The van der Waals surface area contributed by atoms with Crippen molar-refractivity contribution >= 4 is 0 Å². The summed E-state index contributed by atoms with van der Waals surface area (Å²) >= 11 is 0. The van der Waals surface area contributed by atoms with Crippen molar-refractivity contribution in [2.75, 3.05) is 0 Å². The molecular weight excluding hydrogens is 93.0 g/mol. The van der Waals surface area contributed by atoms with Crippen LogP contribution in [0, 0.1) is 6.58 Å². The second-order valence-corrected chi connectivity index (χ2v) is 0.686. The first-order chi connectivity index (χ1) is 2.64. The molecule has 6 heavy (non-hydrogen) atoms. The van der Waals surface area contributed by atoms with Crippen molar-refractivity contribution in [2.45, 2.75) is 6.43 Å². The van der Waals surface area contributed by atoms with Crippen LogP contribution in [-0.2, 0) is 0 Å². The highest BCUT2D eigenvalue weighted by Gasteiger charge is 2.04. The van der Waals surface area contributed by atoms with E-state index in [4.69, 9.17) is 0 Å². The van der Waals surface area contributed by atoms with Crippen LogP contribution in [0.15, 0.2) is 5.83 Å². The molecule has 0 atom stereocenters. The van der Waals surface area contributed by atoms with E-state index in [2.05, 4.69) is 6.58 Å². The standard InChI is InChI=1S/C3H2F3/c1-2(4)3(5)6/h1,3H. The zero-order chi connectivity index (χ0) is 5.15. The van der Waals surface area contributed by atoms with Crippen LogP contribution in [0.1, 0.15) is 0 Å². The summed E-state index contributed by atoms with van der Waals surface area (Å²) in [4.78, 5) is 0. The highest BCUT2D eigenvalue weighted by Crippen LogP contribution is 2.04. The molecule has 0 aliphatic carbocycles. The molecule has 0 nitrogen and oxygen atoms in total. The Labute approximate surface area is 33.3 Å². The van der Waals surface area contributed by atoms with Crippen molar-refractivity contribution in [1.82, 2.24) is 0 Å². The summed E-state index contributed by atoms with van der Waals surface area (Å²) in [6.45, 7) is 3.94. The van der Waals surface area contributed by atoms with Gasteiger partial charge in [-0.05, 0) is 6.58 Å². The molecule has 0 fully saturated rings. The quantitative estimate of drug-likeness (QED) is 0.463. The van der Waals surface area contributed by atoms with Crippen molar-refractivity contribution in [3.05, 3.63) is 12.4 Å². The van der Waals surface area contributed by atoms with Gasteiger partial charge in [0, 0.05) is 0 Å². The van der Waals surface area contributed by atoms with Gasteiger partial charge in [-0.1, -0.05) is 0 Å². The van der Waals surface area contributed by atoms with Crippen LogP contribution < -0.4 is 0 Å². The third-order valence-corrected chi connectivity index (χ3v) is 0.208. The van der Waals surface area contributed by atoms with E-state index in [1.165, 1.54) is 0 Å². The van der Waals surface area contributed by atoms with Crippen LogP contribution in [-0.4, -0.2) is 6.43 Å². The molecule has 0 spiro atoms. The summed E-state index contributed by atoms with van der Waals surface area (Å²) in [5, 5.41) is 0. The van der Waals surface area contributed by atoms with E-state index < -0.39 is 12.3 Å². The molecule has 0 saturated heterocycles. The van der Waals surface area contributed by atoms with Gasteiger partial charge in [-0.25, -0.2) is 13.2 Å². The van der Waals surface area contributed by atoms with Crippen molar-refractivity contribution < 1.29 is 13.2 Å². The van der Waals surface area contributed by atoms with Crippen molar-refractivity contribution in [2.24, 2.45) is 0 Å². The van der Waals surface area contributed by atoms with Gasteiger partial charge in [0.1, 0.15) is 0 Å². The number of halogens is 3. The van der Waals surface area contributed by atoms with Gasteiger partial charge in [0.25, 0.3) is 6.43 Å². The number of rotatable bonds is 1. The minimum atomic E-state index is -3.12. The molecular formula is C3H2F3. The molecule has 1 radical (unpaired) electrons. The number of allylic oxidation sites excluding steroid dienone is 1. The topological polar surface area (TPSA) is 0 Å². The van der Waals surface area contributed by atoms with E-state index in [1.807, 2.05) is 0 Å². The van der Waals surface area contributed by atoms with Gasteiger partial charge in [0.15, 0.2) is 5.83 Å². The molecule has 0 saturated carbocycles. The van der Waals surface area contributed by atoms with Crippen LogP contribution >= 0.6 is 0 Å². The molecule has 3 heteroatoms. The first-order valence-electron chi connectivity index (χ1n) is 1.20. The molecule has 0 aromatic heterocycles. The molecule has 0 aromatic rings. The zero-order valence-corrected chi connectivity index (χ0v) is 2.79. The molecule has 0 rings (SSSR count). The maximum Gasteiger partial charge on any atom is 0.289 e. The molecule has 0 unspecified atom stereocenters. The maximum absolute atomic E-state index is 10.8. The maximum atomic E-state index is 10.8. The van der Waals surface area contributed by atoms with E-state index in [0.717, 1.165) is 0 Å². The minimum Gasteiger partial charge on any atom is -0.205 e. The Bertz CT molecular complexity index is 57.1. The normalized spacial score (nSPS) is 9.33. The fraction of sp³-hybridized carbons (Fsp3) is 0.333. The SMILES string of the molecule is [CH]=C(F)C(F)F. The predicted molar refractivity (Wildman–Crippen MR) is 14.9 cm³/mol. The molecule has 0 bridgehead atoms. The Hall–Kier alpha value is -0.470. The molecule has 0 aliphatic heterocycles. The van der Waals surface area contributed by atoms with Crippen molar-refractivity contribution in [3.8, 4) is 0 Å². The molecule has 0 N–H and O–H groups in total. The number of hydrogen-bond donors (Lipinski definition) is 0. The average Bonchev–Trinajstić information content (AvgIpc) is 1.36. The predicted octanol–water partition coefficient (Wildman–Crippen LogP) is 1.54. The van der Waals surface area contributed by atoms with Gasteiger partial charge in [0.2, 0.25) is 0 Å². The first-order valence-corrected chi connectivity index (χ1v) is 1.20. The smallest absolute Gasteiger partial charge is 0.205 e. The highest BCUT2D eigenvalue weighted by molar-refractivity contribution is 4.78. The molecule has 35 valence electrons. The average molecular weight is 95.0 g/mol. The van der Waals surface area contributed by atoms with Crippen molar-refractivity contribution in [3.63, 3.8) is 0 Å². The minimum absolute atomic E-state index is 1.82. The summed E-state index contributed by atoms with van der Waals surface area (Å²) in [7, 11) is 0. The Morgan fingerprint density at radius 3 is 1.67 bits per heavy atom. The van der Waals surface area contributed by atoms with Gasteiger partial charge in [-0.2, -0.15) is 0 Å². The number of hydrogen-bond acceptors (Lipinski definition) is 0. The van der Waals surface area contributed by atoms with E-state index in [0.29, 0.717) is 0 Å². The monoisotopic (exact) mass is 95.0 g/mol. The third kappa shape index (κ3) is 1.81. The molecule has 0 aromatic carbocycles. The van der Waals surface area contributed by atoms with Gasteiger partial charge in [-0.3, -0.25) is 0 Å². The van der Waals surface area contributed by atoms with Gasteiger partial charge < -0.3 is 0 Å². The van der Waals surface area contributed by atoms with Crippen molar-refractivity contribution in [1.29, 1.82) is 0 Å². The van der Waals surface area contributed by atoms with E-state index >= 15 is 0 Å². The van der Waals surface area contributed by atoms with Crippen LogP contribution in [0.5, 0.6) is 0 Å². The molecule has 0 amide bonds. The summed E-state index contributed by atoms with van der Waals surface area (Å²) in [5.41, 5.74) is 0. The summed E-state index contributed by atoms with van der Waals surface area (Å²) in [5.74, 6) is -1.82. The fourth-order valence-electron chi connectivity index (χ4n) is 0. The van der Waals surface area contributed by atoms with E-state index in [9.17, 15) is 13.2 Å². The van der Waals surface area contributed by atoms with Crippen LogP contribution in [0.3, 0.4) is 0 Å². The molecule has 0 heterocycles. The number of alkyl halides is 2. The Morgan fingerprint density at radius 1 is 1.50 bits per heavy atom. The highest BCUT2D eigenvalue weighted by atomic mass is 19.3. The summed E-state index contributed by atoms with van der Waals surface area (Å²) < 4.78 is 32.0. The largest absolute Gasteiger partial charge is 0.289 e. The Balaban J connectivity index is 3.26. The van der Waals surface area contributed by atoms with Gasteiger partial charge in [0.05, 0.1) is 0 Å². The second kappa shape index (κ2) is 1.85. The lowest BCUT2D eigenvalue weighted by molar-refractivity contribution is 0.159. The summed E-state index contributed by atoms with van der Waals surface area (Å²) in [6.07, 6.45) is -3.12. The lowest BCUT2D eigenvalue weighted by Crippen LogP contribution is -1.85. The second-order valence-electron chi connectivity index (χ2n) is 0.686. The van der Waals surface area contributed by atoms with E-state index in [-0.39, 0.29) is 0 Å². The lowest BCUT2D eigenvalue weighted by Gasteiger charge is -1.83. The third-order valence-electron chi connectivity index (χ3n) is 0.208. The summed E-state index contributed by atoms with van der Waals surface area (Å²) in [6, 6.07) is 0. The Morgan fingerprint density at radius 2 is 1.67 bits per heavy atom. The van der Waals surface area contributed by atoms with Gasteiger partial charge >= 0.3 is 0 Å². The lowest BCUT2D eigenvalue weighted by atomic mass is 10.6. The van der Waals surface area contributed by atoms with Crippen LogP contribution in [0.25, 0.3) is 0 Å². The van der Waals surface area contributed by atoms with Crippen LogP contribution in [0.4, 0.5) is 13.2 Å². The van der Waals surface area contributed by atoms with Crippen LogP contribution in [0.2, 0.25) is 0 Å².